The van der Waals surface area contributed by atoms with Crippen LogP contribution in [0.5, 0.6) is 11.5 Å². The molecule has 0 aliphatic carbocycles. The predicted molar refractivity (Wildman–Crippen MR) is 96.0 cm³/mol. The summed E-state index contributed by atoms with van der Waals surface area (Å²) in [5.41, 5.74) is 0.804. The number of methoxy groups -OCH3 is 2. The first-order chi connectivity index (χ1) is 12.1. The van der Waals surface area contributed by atoms with Crippen LogP contribution in [0.4, 0.5) is 11.6 Å². The van der Waals surface area contributed by atoms with Gasteiger partial charge in [-0.25, -0.2) is 9.97 Å². The zero-order valence-electron chi connectivity index (χ0n) is 14.1. The highest BCUT2D eigenvalue weighted by Crippen LogP contribution is 2.36. The zero-order valence-corrected chi connectivity index (χ0v) is 14.8. The number of carbonyl (C=O) groups is 1. The third-order valence-electron chi connectivity index (χ3n) is 4.01. The maximum atomic E-state index is 12.4. The number of anilines is 2. The van der Waals surface area contributed by atoms with E-state index in [9.17, 15) is 4.79 Å². The van der Waals surface area contributed by atoms with Crippen molar-refractivity contribution in [3.05, 3.63) is 35.1 Å². The van der Waals surface area contributed by atoms with Crippen LogP contribution in [0.25, 0.3) is 0 Å². The molecular formula is C17H19ClN4O3. The monoisotopic (exact) mass is 362 g/mol. The summed E-state index contributed by atoms with van der Waals surface area (Å²) in [6.07, 6.45) is 5.33. The van der Waals surface area contributed by atoms with Crippen molar-refractivity contribution in [3.63, 3.8) is 0 Å². The topological polar surface area (TPSA) is 76.6 Å². The second-order valence-corrected chi connectivity index (χ2v) is 6.01. The molecule has 1 amide bonds. The molecule has 8 heteroatoms. The molecule has 1 fully saturated rings. The Morgan fingerprint density at radius 2 is 1.76 bits per heavy atom. The van der Waals surface area contributed by atoms with Crippen LogP contribution < -0.4 is 19.7 Å². The van der Waals surface area contributed by atoms with Crippen molar-refractivity contribution in [2.45, 2.75) is 12.8 Å². The van der Waals surface area contributed by atoms with Crippen LogP contribution in [0.15, 0.2) is 24.5 Å². The van der Waals surface area contributed by atoms with Gasteiger partial charge in [0, 0.05) is 31.5 Å². The molecule has 0 unspecified atom stereocenters. The number of aromatic nitrogens is 2. The average molecular weight is 363 g/mol. The SMILES string of the molecule is COc1cc(OC)c(NC(=O)c2cnc(N3CCCC3)nc2)cc1Cl. The number of hydrogen-bond acceptors (Lipinski definition) is 6. The number of rotatable bonds is 5. The van der Waals surface area contributed by atoms with Gasteiger partial charge in [-0.1, -0.05) is 11.6 Å². The van der Waals surface area contributed by atoms with Gasteiger partial charge in [-0.05, 0) is 18.9 Å². The molecule has 2 aromatic rings. The summed E-state index contributed by atoms with van der Waals surface area (Å²) in [5.74, 6) is 1.23. The summed E-state index contributed by atoms with van der Waals surface area (Å²) in [6, 6.07) is 3.20. The Balaban J connectivity index is 1.76. The normalized spacial score (nSPS) is 13.6. The molecule has 0 spiro atoms. The van der Waals surface area contributed by atoms with Crippen molar-refractivity contribution >= 4 is 29.1 Å². The molecule has 0 atom stereocenters. The van der Waals surface area contributed by atoms with Crippen LogP contribution in [-0.4, -0.2) is 43.2 Å². The summed E-state index contributed by atoms with van der Waals surface area (Å²) in [7, 11) is 3.02. The van der Waals surface area contributed by atoms with E-state index in [1.54, 1.807) is 12.1 Å². The van der Waals surface area contributed by atoms with Crippen molar-refractivity contribution in [3.8, 4) is 11.5 Å². The fourth-order valence-electron chi connectivity index (χ4n) is 2.67. The Hall–Kier alpha value is -2.54. The van der Waals surface area contributed by atoms with E-state index in [1.165, 1.54) is 26.6 Å². The molecule has 7 nitrogen and oxygen atoms in total. The lowest BCUT2D eigenvalue weighted by atomic mass is 10.2. The number of nitrogens with zero attached hydrogens (tertiary/aromatic N) is 3. The van der Waals surface area contributed by atoms with Crippen LogP contribution in [0.2, 0.25) is 5.02 Å². The minimum absolute atomic E-state index is 0.340. The molecular weight excluding hydrogens is 344 g/mol. The Morgan fingerprint density at radius 1 is 1.12 bits per heavy atom. The largest absolute Gasteiger partial charge is 0.495 e. The van der Waals surface area contributed by atoms with Gasteiger partial charge in [-0.2, -0.15) is 0 Å². The molecule has 0 radical (unpaired) electrons. The third-order valence-corrected chi connectivity index (χ3v) is 4.31. The number of benzene rings is 1. The highest BCUT2D eigenvalue weighted by molar-refractivity contribution is 6.32. The van der Waals surface area contributed by atoms with E-state index in [1.807, 2.05) is 0 Å². The van der Waals surface area contributed by atoms with Crippen LogP contribution in [0.1, 0.15) is 23.2 Å². The molecule has 0 saturated carbocycles. The van der Waals surface area contributed by atoms with Gasteiger partial charge in [0.2, 0.25) is 5.95 Å². The summed E-state index contributed by atoms with van der Waals surface area (Å²) in [4.78, 5) is 23.1. The van der Waals surface area contributed by atoms with Crippen LogP contribution >= 0.6 is 11.6 Å². The van der Waals surface area contributed by atoms with Gasteiger partial charge >= 0.3 is 0 Å². The Labute approximate surface area is 150 Å². The quantitative estimate of drug-likeness (QED) is 0.881. The van der Waals surface area contributed by atoms with Gasteiger partial charge < -0.3 is 19.7 Å². The Kier molecular flexibility index (Phi) is 5.23. The molecule has 2 heterocycles. The molecule has 1 saturated heterocycles. The molecule has 1 N–H and O–H groups in total. The van der Waals surface area contributed by atoms with Gasteiger partial charge in [-0.15, -0.1) is 0 Å². The third kappa shape index (κ3) is 3.76. The number of carbonyl (C=O) groups excluding carboxylic acids is 1. The van der Waals surface area contributed by atoms with Crippen molar-refractivity contribution in [2.75, 3.05) is 37.5 Å². The van der Waals surface area contributed by atoms with Crippen LogP contribution in [-0.2, 0) is 0 Å². The molecule has 0 bridgehead atoms. The lowest BCUT2D eigenvalue weighted by molar-refractivity contribution is 0.102. The number of hydrogen-bond donors (Lipinski definition) is 1. The summed E-state index contributed by atoms with van der Waals surface area (Å²) < 4.78 is 10.4. The van der Waals surface area contributed by atoms with E-state index in [4.69, 9.17) is 21.1 Å². The fourth-order valence-corrected chi connectivity index (χ4v) is 2.91. The van der Waals surface area contributed by atoms with E-state index in [2.05, 4.69) is 20.2 Å². The van der Waals surface area contributed by atoms with Crippen molar-refractivity contribution < 1.29 is 14.3 Å². The van der Waals surface area contributed by atoms with E-state index < -0.39 is 0 Å². The summed E-state index contributed by atoms with van der Waals surface area (Å²) in [5, 5.41) is 3.14. The second kappa shape index (κ2) is 7.57. The van der Waals surface area contributed by atoms with Gasteiger partial charge in [-0.3, -0.25) is 4.79 Å². The van der Waals surface area contributed by atoms with Crippen LogP contribution in [0.3, 0.4) is 0 Å². The lowest BCUT2D eigenvalue weighted by Gasteiger charge is -2.15. The van der Waals surface area contributed by atoms with E-state index in [-0.39, 0.29) is 5.91 Å². The maximum absolute atomic E-state index is 12.4. The molecule has 1 aliphatic heterocycles. The van der Waals surface area contributed by atoms with Crippen molar-refractivity contribution in [1.82, 2.24) is 9.97 Å². The molecule has 132 valence electrons. The number of nitrogens with one attached hydrogen (secondary N) is 1. The molecule has 1 aliphatic rings. The van der Waals surface area contributed by atoms with Gasteiger partial charge in [0.25, 0.3) is 5.91 Å². The van der Waals surface area contributed by atoms with E-state index >= 15 is 0 Å². The second-order valence-electron chi connectivity index (χ2n) is 5.61. The minimum atomic E-state index is -0.340. The first-order valence-corrected chi connectivity index (χ1v) is 8.30. The Bertz CT molecular complexity index is 761. The zero-order chi connectivity index (χ0) is 17.8. The van der Waals surface area contributed by atoms with Crippen molar-refractivity contribution in [1.29, 1.82) is 0 Å². The van der Waals surface area contributed by atoms with Crippen LogP contribution in [0, 0.1) is 0 Å². The highest BCUT2D eigenvalue weighted by Gasteiger charge is 2.17. The highest BCUT2D eigenvalue weighted by atomic mass is 35.5. The van der Waals surface area contributed by atoms with Gasteiger partial charge in [0.05, 0.1) is 30.5 Å². The van der Waals surface area contributed by atoms with Crippen molar-refractivity contribution in [2.24, 2.45) is 0 Å². The minimum Gasteiger partial charge on any atom is -0.495 e. The smallest absolute Gasteiger partial charge is 0.258 e. The van der Waals surface area contributed by atoms with Gasteiger partial charge in [0.15, 0.2) is 0 Å². The predicted octanol–water partition coefficient (Wildman–Crippen LogP) is 3.00. The molecule has 25 heavy (non-hydrogen) atoms. The summed E-state index contributed by atoms with van der Waals surface area (Å²) in [6.45, 7) is 1.90. The van der Waals surface area contributed by atoms with E-state index in [0.29, 0.717) is 33.7 Å². The number of ether oxygens (including phenoxy) is 2. The fraction of sp³-hybridized carbons (Fsp3) is 0.353. The first-order valence-electron chi connectivity index (χ1n) is 7.92. The molecule has 3 rings (SSSR count). The first kappa shape index (κ1) is 17.3. The summed E-state index contributed by atoms with van der Waals surface area (Å²) >= 11 is 6.12. The number of halogens is 1. The van der Waals surface area contributed by atoms with Gasteiger partial charge in [0.1, 0.15) is 11.5 Å². The standard InChI is InChI=1S/C17H19ClN4O3/c1-24-14-8-15(25-2)13(7-12(14)18)21-16(23)11-9-19-17(20-10-11)22-5-3-4-6-22/h7-10H,3-6H2,1-2H3,(H,21,23). The Morgan fingerprint density at radius 3 is 2.36 bits per heavy atom. The molecule has 1 aromatic heterocycles. The number of amides is 1. The molecule has 1 aromatic carbocycles. The maximum Gasteiger partial charge on any atom is 0.258 e. The van der Waals surface area contributed by atoms with E-state index in [0.717, 1.165) is 25.9 Å². The average Bonchev–Trinajstić information content (AvgIpc) is 3.17. The lowest BCUT2D eigenvalue weighted by Crippen LogP contribution is -2.21.